The van der Waals surface area contributed by atoms with Crippen molar-refractivity contribution in [2.75, 3.05) is 11.5 Å². The van der Waals surface area contributed by atoms with Crippen molar-refractivity contribution in [3.8, 4) is 18.1 Å². The molecule has 0 fully saturated rings. The summed E-state index contributed by atoms with van der Waals surface area (Å²) in [5, 5.41) is 0. The van der Waals surface area contributed by atoms with E-state index in [2.05, 4.69) is 105 Å². The maximum Gasteiger partial charge on any atom is 0.148 e. The summed E-state index contributed by atoms with van der Waals surface area (Å²) in [7, 11) is 0. The Hall–Kier alpha value is -3.77. The Balaban J connectivity index is 1.70. The number of aliphatic imine (C=N–C) groups is 1. The summed E-state index contributed by atoms with van der Waals surface area (Å²) in [6.07, 6.45) is 11.5. The zero-order chi connectivity index (χ0) is 23.4. The molecule has 1 aliphatic heterocycles. The fraction of sp³-hybridized carbons (Fsp3) is 0.233. The first-order chi connectivity index (χ1) is 15.9. The van der Waals surface area contributed by atoms with Crippen molar-refractivity contribution in [3.63, 3.8) is 0 Å². The zero-order valence-electron chi connectivity index (χ0n) is 19.7. The average Bonchev–Trinajstić information content (AvgIpc) is 2.80. The van der Waals surface area contributed by atoms with E-state index in [0.29, 0.717) is 5.92 Å². The molecule has 0 N–H and O–H groups in total. The monoisotopic (exact) mass is 434 g/mol. The normalized spacial score (nSPS) is 15.0. The Labute approximate surface area is 197 Å². The van der Waals surface area contributed by atoms with Crippen molar-refractivity contribution in [3.05, 3.63) is 100 Å². The number of nitrogens with zero attached hydrogens (tertiary/aromatic N) is 2. The van der Waals surface area contributed by atoms with Gasteiger partial charge in [-0.3, -0.25) is 4.99 Å². The number of anilines is 1. The second kappa shape index (κ2) is 9.79. The standard InChI is InChI=1S/C30H30N2O/c1-6-15-33-27-11-12-29-28(19-27)30(26-9-7-25(8-10-26)21(2)3)31-20-32(29)14-13-24-17-22(4)16-23(5)18-24/h1,7-14,16-21,30H,15H2,2-5H3. The molecule has 33 heavy (non-hydrogen) atoms. The molecule has 166 valence electrons. The summed E-state index contributed by atoms with van der Waals surface area (Å²) in [5.74, 6) is 3.79. The van der Waals surface area contributed by atoms with Gasteiger partial charge in [0.1, 0.15) is 18.4 Å². The van der Waals surface area contributed by atoms with Crippen LogP contribution in [0.4, 0.5) is 5.69 Å². The number of rotatable bonds is 6. The summed E-state index contributed by atoms with van der Waals surface area (Å²) in [5.41, 5.74) is 8.32. The number of ether oxygens (including phenoxy) is 1. The zero-order valence-corrected chi connectivity index (χ0v) is 19.7. The Bertz CT molecular complexity index is 1210. The fourth-order valence-corrected chi connectivity index (χ4v) is 4.20. The number of fused-ring (bicyclic) bond motifs is 1. The third-order valence-corrected chi connectivity index (χ3v) is 5.82. The second-order valence-electron chi connectivity index (χ2n) is 8.85. The molecule has 3 heteroatoms. The second-order valence-corrected chi connectivity index (χ2v) is 8.85. The molecule has 3 aromatic carbocycles. The number of hydrogen-bond acceptors (Lipinski definition) is 3. The quantitative estimate of drug-likeness (QED) is 0.388. The van der Waals surface area contributed by atoms with Crippen molar-refractivity contribution in [1.29, 1.82) is 0 Å². The molecule has 1 atom stereocenters. The predicted octanol–water partition coefficient (Wildman–Crippen LogP) is 7.05. The molecule has 1 aliphatic rings. The molecule has 0 saturated carbocycles. The Kier molecular flexibility index (Phi) is 6.66. The van der Waals surface area contributed by atoms with Crippen LogP contribution >= 0.6 is 0 Å². The first-order valence-corrected chi connectivity index (χ1v) is 11.3. The van der Waals surface area contributed by atoms with Gasteiger partial charge in [-0.25, -0.2) is 0 Å². The van der Waals surface area contributed by atoms with Gasteiger partial charge in [0, 0.05) is 11.8 Å². The third kappa shape index (κ3) is 5.18. The van der Waals surface area contributed by atoms with E-state index in [4.69, 9.17) is 16.2 Å². The summed E-state index contributed by atoms with van der Waals surface area (Å²) >= 11 is 0. The molecule has 0 saturated heterocycles. The van der Waals surface area contributed by atoms with Gasteiger partial charge in [-0.2, -0.15) is 0 Å². The van der Waals surface area contributed by atoms with Crippen LogP contribution in [0, 0.1) is 26.2 Å². The molecule has 0 spiro atoms. The third-order valence-electron chi connectivity index (χ3n) is 5.82. The van der Waals surface area contributed by atoms with Gasteiger partial charge in [-0.05, 0) is 60.7 Å². The van der Waals surface area contributed by atoms with E-state index < -0.39 is 0 Å². The van der Waals surface area contributed by atoms with E-state index in [0.717, 1.165) is 22.6 Å². The van der Waals surface area contributed by atoms with E-state index in [1.54, 1.807) is 0 Å². The number of hydrogen-bond donors (Lipinski definition) is 0. The summed E-state index contributed by atoms with van der Waals surface area (Å²) in [6.45, 7) is 8.89. The SMILES string of the molecule is C#CCOc1ccc2c(c1)C(c1ccc(C(C)C)cc1)N=CN2C=Cc1cc(C)cc(C)c1. The van der Waals surface area contributed by atoms with Gasteiger partial charge in [0.25, 0.3) is 0 Å². The predicted molar refractivity (Wildman–Crippen MR) is 139 cm³/mol. The molecule has 0 amide bonds. The van der Waals surface area contributed by atoms with Gasteiger partial charge < -0.3 is 9.64 Å². The highest BCUT2D eigenvalue weighted by atomic mass is 16.5. The molecular weight excluding hydrogens is 404 g/mol. The van der Waals surface area contributed by atoms with E-state index in [-0.39, 0.29) is 12.6 Å². The van der Waals surface area contributed by atoms with Crippen LogP contribution in [0.2, 0.25) is 0 Å². The van der Waals surface area contributed by atoms with Gasteiger partial charge in [-0.15, -0.1) is 6.42 Å². The lowest BCUT2D eigenvalue weighted by atomic mass is 9.93. The van der Waals surface area contributed by atoms with Crippen LogP contribution in [0.15, 0.2) is 71.9 Å². The van der Waals surface area contributed by atoms with E-state index in [1.165, 1.54) is 22.3 Å². The van der Waals surface area contributed by atoms with Crippen molar-refractivity contribution in [2.24, 2.45) is 4.99 Å². The van der Waals surface area contributed by atoms with E-state index in [1.807, 2.05) is 12.4 Å². The van der Waals surface area contributed by atoms with Crippen LogP contribution < -0.4 is 9.64 Å². The van der Waals surface area contributed by atoms with Crippen molar-refractivity contribution in [2.45, 2.75) is 39.7 Å². The average molecular weight is 435 g/mol. The van der Waals surface area contributed by atoms with Gasteiger partial charge in [0.2, 0.25) is 0 Å². The minimum absolute atomic E-state index is 0.0959. The molecular formula is C30H30N2O. The van der Waals surface area contributed by atoms with Crippen LogP contribution in [0.5, 0.6) is 5.75 Å². The fourth-order valence-electron chi connectivity index (χ4n) is 4.20. The number of aryl methyl sites for hydroxylation is 2. The van der Waals surface area contributed by atoms with Gasteiger partial charge >= 0.3 is 0 Å². The summed E-state index contributed by atoms with van der Waals surface area (Å²) in [4.78, 5) is 6.99. The molecule has 0 radical (unpaired) electrons. The van der Waals surface area contributed by atoms with Gasteiger partial charge in [0.15, 0.2) is 0 Å². The van der Waals surface area contributed by atoms with E-state index >= 15 is 0 Å². The highest BCUT2D eigenvalue weighted by molar-refractivity contribution is 5.88. The minimum Gasteiger partial charge on any atom is -0.481 e. The highest BCUT2D eigenvalue weighted by Gasteiger charge is 2.23. The lowest BCUT2D eigenvalue weighted by Gasteiger charge is -2.28. The molecule has 4 rings (SSSR count). The largest absolute Gasteiger partial charge is 0.481 e. The van der Waals surface area contributed by atoms with Crippen LogP contribution in [0.3, 0.4) is 0 Å². The first kappa shape index (κ1) is 22.4. The molecule has 3 aromatic rings. The highest BCUT2D eigenvalue weighted by Crippen LogP contribution is 2.39. The Morgan fingerprint density at radius 1 is 1.03 bits per heavy atom. The van der Waals surface area contributed by atoms with Crippen LogP contribution in [-0.4, -0.2) is 12.9 Å². The molecule has 0 bridgehead atoms. The Morgan fingerprint density at radius 2 is 1.76 bits per heavy atom. The van der Waals surface area contributed by atoms with Crippen molar-refractivity contribution < 1.29 is 4.74 Å². The van der Waals surface area contributed by atoms with E-state index in [9.17, 15) is 0 Å². The summed E-state index contributed by atoms with van der Waals surface area (Å²) in [6, 6.07) is 21.3. The number of benzene rings is 3. The lowest BCUT2D eigenvalue weighted by Crippen LogP contribution is -2.21. The van der Waals surface area contributed by atoms with Crippen molar-refractivity contribution >= 4 is 18.1 Å². The van der Waals surface area contributed by atoms with Crippen LogP contribution in [-0.2, 0) is 0 Å². The molecule has 0 aliphatic carbocycles. The van der Waals surface area contributed by atoms with Crippen LogP contribution in [0.25, 0.3) is 6.08 Å². The Morgan fingerprint density at radius 3 is 2.42 bits per heavy atom. The van der Waals surface area contributed by atoms with Gasteiger partial charge in [0.05, 0.1) is 12.0 Å². The topological polar surface area (TPSA) is 24.8 Å². The molecule has 3 nitrogen and oxygen atoms in total. The smallest absolute Gasteiger partial charge is 0.148 e. The van der Waals surface area contributed by atoms with Crippen LogP contribution in [0.1, 0.15) is 59.2 Å². The maximum atomic E-state index is 5.72. The number of terminal acetylenes is 1. The molecule has 0 aromatic heterocycles. The molecule has 1 heterocycles. The minimum atomic E-state index is -0.0959. The first-order valence-electron chi connectivity index (χ1n) is 11.3. The lowest BCUT2D eigenvalue weighted by molar-refractivity contribution is 0.370. The van der Waals surface area contributed by atoms with Crippen molar-refractivity contribution in [1.82, 2.24) is 0 Å². The maximum absolute atomic E-state index is 5.72. The molecule has 1 unspecified atom stereocenters. The van der Waals surface area contributed by atoms with Gasteiger partial charge in [-0.1, -0.05) is 73.4 Å². The summed E-state index contributed by atoms with van der Waals surface area (Å²) < 4.78 is 5.72.